The van der Waals surface area contributed by atoms with Crippen molar-refractivity contribution >= 4 is 33.4 Å². The first-order valence-corrected chi connectivity index (χ1v) is 5.73. The average molecular weight is 295 g/mol. The number of halogens is 3. The Hall–Kier alpha value is -0.610. The van der Waals surface area contributed by atoms with Crippen LogP contribution in [-0.2, 0) is 11.3 Å². The third-order valence-electron chi connectivity index (χ3n) is 1.81. The molecule has 0 saturated heterocycles. The number of amides is 1. The van der Waals surface area contributed by atoms with Crippen LogP contribution < -0.4 is 5.32 Å². The van der Waals surface area contributed by atoms with Crippen molar-refractivity contribution in [3.63, 3.8) is 0 Å². The van der Waals surface area contributed by atoms with Gasteiger partial charge in [0, 0.05) is 23.3 Å². The summed E-state index contributed by atoms with van der Waals surface area (Å²) < 4.78 is 13.6. The highest BCUT2D eigenvalue weighted by Gasteiger charge is 2.04. The molecule has 1 N–H and O–H groups in total. The molecule has 1 aromatic carbocycles. The van der Waals surface area contributed by atoms with E-state index in [1.807, 2.05) is 0 Å². The molecule has 1 rings (SSSR count). The van der Waals surface area contributed by atoms with Crippen molar-refractivity contribution in [3.05, 3.63) is 34.1 Å². The summed E-state index contributed by atoms with van der Waals surface area (Å²) >= 11 is 8.68. The molecule has 0 spiro atoms. The molecule has 0 unspecified atom stereocenters. The van der Waals surface area contributed by atoms with Gasteiger partial charge in [0.15, 0.2) is 0 Å². The van der Waals surface area contributed by atoms with Crippen molar-refractivity contribution in [1.29, 1.82) is 0 Å². The maximum absolute atomic E-state index is 12.9. The maximum Gasteiger partial charge on any atom is 0.221 e. The van der Waals surface area contributed by atoms with Gasteiger partial charge < -0.3 is 5.32 Å². The van der Waals surface area contributed by atoms with Crippen LogP contribution in [0.1, 0.15) is 12.0 Å². The predicted octanol–water partition coefficient (Wildman–Crippen LogP) is 2.83. The van der Waals surface area contributed by atoms with Crippen LogP contribution in [0.15, 0.2) is 22.7 Å². The van der Waals surface area contributed by atoms with Gasteiger partial charge in [-0.15, -0.1) is 11.6 Å². The number of nitrogens with one attached hydrogen (secondary N) is 1. The Bertz CT molecular complexity index is 359. The first-order valence-electron chi connectivity index (χ1n) is 4.40. The lowest BCUT2D eigenvalue weighted by Crippen LogP contribution is -2.23. The molecule has 0 atom stereocenters. The molecule has 0 aliphatic heterocycles. The van der Waals surface area contributed by atoms with Crippen LogP contribution in [0.2, 0.25) is 0 Å². The zero-order valence-electron chi connectivity index (χ0n) is 7.90. The van der Waals surface area contributed by atoms with Gasteiger partial charge in [0.05, 0.1) is 0 Å². The molecule has 0 saturated carbocycles. The molecule has 1 amide bonds. The van der Waals surface area contributed by atoms with E-state index in [2.05, 4.69) is 21.2 Å². The molecule has 82 valence electrons. The molecule has 0 aliphatic rings. The Labute approximate surface area is 101 Å². The predicted molar refractivity (Wildman–Crippen MR) is 61.3 cm³/mol. The molecule has 5 heteroatoms. The molecule has 1 aromatic rings. The molecular formula is C10H10BrClFNO. The van der Waals surface area contributed by atoms with Crippen molar-refractivity contribution in [1.82, 2.24) is 5.32 Å². The normalized spacial score (nSPS) is 10.1. The van der Waals surface area contributed by atoms with Crippen molar-refractivity contribution in [2.75, 3.05) is 5.88 Å². The molecule has 15 heavy (non-hydrogen) atoms. The summed E-state index contributed by atoms with van der Waals surface area (Å²) in [6, 6.07) is 4.34. The number of carbonyl (C=O) groups excluding carboxylic acids is 1. The summed E-state index contributed by atoms with van der Waals surface area (Å²) in [7, 11) is 0. The molecule has 0 bridgehead atoms. The number of hydrogen-bond donors (Lipinski definition) is 1. The summed E-state index contributed by atoms with van der Waals surface area (Å²) in [6.45, 7) is 0.300. The smallest absolute Gasteiger partial charge is 0.221 e. The summed E-state index contributed by atoms with van der Waals surface area (Å²) in [6.07, 6.45) is 0.272. The third-order valence-corrected chi connectivity index (χ3v) is 2.77. The second-order valence-electron chi connectivity index (χ2n) is 2.95. The van der Waals surface area contributed by atoms with Crippen molar-refractivity contribution < 1.29 is 9.18 Å². The lowest BCUT2D eigenvalue weighted by molar-refractivity contribution is -0.120. The number of carbonyl (C=O) groups is 1. The highest BCUT2D eigenvalue weighted by atomic mass is 79.9. The molecule has 0 heterocycles. The van der Waals surface area contributed by atoms with Gasteiger partial charge >= 0.3 is 0 Å². The minimum atomic E-state index is -0.320. The number of rotatable bonds is 4. The van der Waals surface area contributed by atoms with Crippen molar-refractivity contribution in [3.8, 4) is 0 Å². The number of alkyl halides is 1. The zero-order chi connectivity index (χ0) is 11.3. The fourth-order valence-corrected chi connectivity index (χ4v) is 1.61. The average Bonchev–Trinajstić information content (AvgIpc) is 2.20. The van der Waals surface area contributed by atoms with Crippen LogP contribution in [0.4, 0.5) is 4.39 Å². The first kappa shape index (κ1) is 12.5. The van der Waals surface area contributed by atoms with Gasteiger partial charge in [-0.25, -0.2) is 4.39 Å². The van der Waals surface area contributed by atoms with Crippen LogP contribution in [0.3, 0.4) is 0 Å². The van der Waals surface area contributed by atoms with Crippen LogP contribution in [0.5, 0.6) is 0 Å². The van der Waals surface area contributed by atoms with Gasteiger partial charge in [-0.05, 0) is 23.8 Å². The molecule has 2 nitrogen and oxygen atoms in total. The van der Waals surface area contributed by atoms with Crippen LogP contribution in [0, 0.1) is 5.82 Å². The van der Waals surface area contributed by atoms with Gasteiger partial charge in [-0.2, -0.15) is 0 Å². The summed E-state index contributed by atoms with van der Waals surface area (Å²) in [5.41, 5.74) is 0.706. The molecule has 0 aliphatic carbocycles. The van der Waals surface area contributed by atoms with Gasteiger partial charge in [-0.1, -0.05) is 15.9 Å². The minimum absolute atomic E-state index is 0.138. The standard InChI is InChI=1S/C10H10BrClFNO/c11-9-2-1-8(13)5-7(9)6-14-10(15)3-4-12/h1-2,5H,3-4,6H2,(H,14,15). The fourth-order valence-electron chi connectivity index (χ4n) is 1.05. The van der Waals surface area contributed by atoms with Gasteiger partial charge in [0.2, 0.25) is 5.91 Å². The third kappa shape index (κ3) is 4.18. The van der Waals surface area contributed by atoms with E-state index in [4.69, 9.17) is 11.6 Å². The van der Waals surface area contributed by atoms with Crippen LogP contribution in [0.25, 0.3) is 0 Å². The Morgan fingerprint density at radius 1 is 1.53 bits per heavy atom. The minimum Gasteiger partial charge on any atom is -0.352 e. The number of benzene rings is 1. The summed E-state index contributed by atoms with van der Waals surface area (Å²) in [5, 5.41) is 2.65. The lowest BCUT2D eigenvalue weighted by Gasteiger charge is -2.06. The first-order chi connectivity index (χ1) is 7.13. The fraction of sp³-hybridized carbons (Fsp3) is 0.300. The highest BCUT2D eigenvalue weighted by Crippen LogP contribution is 2.17. The number of hydrogen-bond acceptors (Lipinski definition) is 1. The van der Waals surface area contributed by atoms with E-state index in [9.17, 15) is 9.18 Å². The largest absolute Gasteiger partial charge is 0.352 e. The monoisotopic (exact) mass is 293 g/mol. The topological polar surface area (TPSA) is 29.1 Å². The molecule has 0 aromatic heterocycles. The van der Waals surface area contributed by atoms with E-state index in [1.54, 1.807) is 6.07 Å². The highest BCUT2D eigenvalue weighted by molar-refractivity contribution is 9.10. The second kappa shape index (κ2) is 6.08. The van der Waals surface area contributed by atoms with Crippen LogP contribution >= 0.6 is 27.5 Å². The zero-order valence-corrected chi connectivity index (χ0v) is 10.2. The van der Waals surface area contributed by atoms with E-state index >= 15 is 0 Å². The Kier molecular flexibility index (Phi) is 5.05. The van der Waals surface area contributed by atoms with Crippen molar-refractivity contribution in [2.24, 2.45) is 0 Å². The molecular weight excluding hydrogens is 284 g/mol. The Morgan fingerprint density at radius 3 is 2.93 bits per heavy atom. The molecule has 0 radical (unpaired) electrons. The second-order valence-corrected chi connectivity index (χ2v) is 4.18. The lowest BCUT2D eigenvalue weighted by atomic mass is 10.2. The summed E-state index contributed by atoms with van der Waals surface area (Å²) in [5.74, 6) is -0.170. The van der Waals surface area contributed by atoms with E-state index in [-0.39, 0.29) is 24.0 Å². The van der Waals surface area contributed by atoms with E-state index < -0.39 is 0 Å². The van der Waals surface area contributed by atoms with Gasteiger partial charge in [-0.3, -0.25) is 4.79 Å². The quantitative estimate of drug-likeness (QED) is 0.850. The maximum atomic E-state index is 12.9. The van der Waals surface area contributed by atoms with Crippen LogP contribution in [-0.4, -0.2) is 11.8 Å². The Morgan fingerprint density at radius 2 is 2.27 bits per heavy atom. The van der Waals surface area contributed by atoms with Crippen molar-refractivity contribution in [2.45, 2.75) is 13.0 Å². The van der Waals surface area contributed by atoms with E-state index in [1.165, 1.54) is 12.1 Å². The van der Waals surface area contributed by atoms with Gasteiger partial charge in [0.1, 0.15) is 5.82 Å². The van der Waals surface area contributed by atoms with E-state index in [0.717, 1.165) is 4.47 Å². The summed E-state index contributed by atoms with van der Waals surface area (Å²) in [4.78, 5) is 11.1. The van der Waals surface area contributed by atoms with E-state index in [0.29, 0.717) is 12.1 Å². The van der Waals surface area contributed by atoms with Gasteiger partial charge in [0.25, 0.3) is 0 Å². The molecule has 0 fully saturated rings. The Balaban J connectivity index is 2.57. The SMILES string of the molecule is O=C(CCCl)NCc1cc(F)ccc1Br.